The van der Waals surface area contributed by atoms with Gasteiger partial charge >= 0.3 is 0 Å². The number of piperidine rings is 1. The molecule has 0 saturated carbocycles. The zero-order valence-electron chi connectivity index (χ0n) is 9.71. The molecule has 0 bridgehead atoms. The predicted octanol–water partition coefficient (Wildman–Crippen LogP) is 2.11. The van der Waals surface area contributed by atoms with Gasteiger partial charge in [-0.3, -0.25) is 4.79 Å². The van der Waals surface area contributed by atoms with Crippen LogP contribution in [0.2, 0.25) is 0 Å². The Bertz CT molecular complexity index is 167. The van der Waals surface area contributed by atoms with E-state index in [0.29, 0.717) is 6.47 Å². The molecule has 1 atom stereocenters. The molecular formula is C12H23NO2. The van der Waals surface area contributed by atoms with Crippen LogP contribution in [0, 0.1) is 5.92 Å². The molecule has 0 aliphatic carbocycles. The smallest absolute Gasteiger partial charge is 0.293 e. The van der Waals surface area contributed by atoms with Gasteiger partial charge in [-0.05, 0) is 51.1 Å². The molecule has 1 N–H and O–H groups in total. The molecule has 0 aromatic carbocycles. The SMILES string of the molecule is CCC(CCCC1CCNCC1)OC=O. The highest BCUT2D eigenvalue weighted by atomic mass is 16.5. The average molecular weight is 213 g/mol. The lowest BCUT2D eigenvalue weighted by Crippen LogP contribution is -2.27. The van der Waals surface area contributed by atoms with Crippen LogP contribution in [0.25, 0.3) is 0 Å². The van der Waals surface area contributed by atoms with Crippen molar-refractivity contribution >= 4 is 6.47 Å². The van der Waals surface area contributed by atoms with Crippen molar-refractivity contribution < 1.29 is 9.53 Å². The third kappa shape index (κ3) is 5.17. The summed E-state index contributed by atoms with van der Waals surface area (Å²) in [7, 11) is 0. The molecule has 0 radical (unpaired) electrons. The van der Waals surface area contributed by atoms with E-state index in [1.807, 2.05) is 0 Å². The fourth-order valence-corrected chi connectivity index (χ4v) is 2.25. The van der Waals surface area contributed by atoms with Gasteiger partial charge in [-0.1, -0.05) is 13.3 Å². The van der Waals surface area contributed by atoms with Gasteiger partial charge in [0.2, 0.25) is 0 Å². The Balaban J connectivity index is 2.05. The summed E-state index contributed by atoms with van der Waals surface area (Å²) in [5, 5.41) is 3.37. The number of ether oxygens (including phenoxy) is 1. The monoisotopic (exact) mass is 213 g/mol. The molecule has 0 amide bonds. The fourth-order valence-electron chi connectivity index (χ4n) is 2.25. The van der Waals surface area contributed by atoms with Gasteiger partial charge in [0.15, 0.2) is 0 Å². The van der Waals surface area contributed by atoms with E-state index in [-0.39, 0.29) is 6.10 Å². The molecule has 3 heteroatoms. The van der Waals surface area contributed by atoms with E-state index < -0.39 is 0 Å². The highest BCUT2D eigenvalue weighted by Crippen LogP contribution is 2.20. The maximum atomic E-state index is 10.2. The summed E-state index contributed by atoms with van der Waals surface area (Å²) in [6.45, 7) is 5.00. The van der Waals surface area contributed by atoms with Crippen LogP contribution in [0.15, 0.2) is 0 Å². The summed E-state index contributed by atoms with van der Waals surface area (Å²) < 4.78 is 4.99. The molecule has 1 heterocycles. The molecule has 1 saturated heterocycles. The Labute approximate surface area is 92.6 Å². The maximum Gasteiger partial charge on any atom is 0.293 e. The number of hydrogen-bond donors (Lipinski definition) is 1. The first kappa shape index (κ1) is 12.5. The molecule has 15 heavy (non-hydrogen) atoms. The molecular weight excluding hydrogens is 190 g/mol. The lowest BCUT2D eigenvalue weighted by molar-refractivity contribution is -0.134. The fraction of sp³-hybridized carbons (Fsp3) is 0.917. The van der Waals surface area contributed by atoms with Crippen LogP contribution in [-0.4, -0.2) is 25.7 Å². The van der Waals surface area contributed by atoms with Crippen LogP contribution in [0.4, 0.5) is 0 Å². The van der Waals surface area contributed by atoms with Crippen molar-refractivity contribution in [2.75, 3.05) is 13.1 Å². The number of carbonyl (C=O) groups is 1. The van der Waals surface area contributed by atoms with Crippen LogP contribution in [0.1, 0.15) is 45.4 Å². The van der Waals surface area contributed by atoms with Crippen LogP contribution in [0.5, 0.6) is 0 Å². The summed E-state index contributed by atoms with van der Waals surface area (Å²) in [4.78, 5) is 10.2. The zero-order chi connectivity index (χ0) is 10.9. The minimum atomic E-state index is 0.143. The first-order valence-electron chi connectivity index (χ1n) is 6.16. The van der Waals surface area contributed by atoms with E-state index in [2.05, 4.69) is 12.2 Å². The largest absolute Gasteiger partial charge is 0.465 e. The summed E-state index contributed by atoms with van der Waals surface area (Å²) >= 11 is 0. The third-order valence-electron chi connectivity index (χ3n) is 3.30. The van der Waals surface area contributed by atoms with Gasteiger partial charge in [-0.15, -0.1) is 0 Å². The summed E-state index contributed by atoms with van der Waals surface area (Å²) in [5.41, 5.74) is 0. The summed E-state index contributed by atoms with van der Waals surface area (Å²) in [5.74, 6) is 0.889. The molecule has 0 spiro atoms. The Morgan fingerprint density at radius 3 is 2.80 bits per heavy atom. The van der Waals surface area contributed by atoms with Crippen molar-refractivity contribution in [1.29, 1.82) is 0 Å². The number of hydrogen-bond acceptors (Lipinski definition) is 3. The molecule has 1 aliphatic heterocycles. The lowest BCUT2D eigenvalue weighted by atomic mass is 9.92. The van der Waals surface area contributed by atoms with Gasteiger partial charge in [0.05, 0.1) is 0 Å². The highest BCUT2D eigenvalue weighted by molar-refractivity contribution is 5.37. The molecule has 0 aromatic heterocycles. The minimum absolute atomic E-state index is 0.143. The predicted molar refractivity (Wildman–Crippen MR) is 60.7 cm³/mol. The molecule has 1 unspecified atom stereocenters. The second kappa shape index (κ2) is 7.69. The van der Waals surface area contributed by atoms with Gasteiger partial charge in [-0.2, -0.15) is 0 Å². The van der Waals surface area contributed by atoms with Gasteiger partial charge in [-0.25, -0.2) is 0 Å². The van der Waals surface area contributed by atoms with E-state index >= 15 is 0 Å². The van der Waals surface area contributed by atoms with Crippen LogP contribution in [0.3, 0.4) is 0 Å². The normalized spacial score (nSPS) is 19.8. The van der Waals surface area contributed by atoms with Crippen molar-refractivity contribution in [3.05, 3.63) is 0 Å². The molecule has 1 aliphatic rings. The van der Waals surface area contributed by atoms with Gasteiger partial charge in [0.25, 0.3) is 6.47 Å². The molecule has 1 rings (SSSR count). The summed E-state index contributed by atoms with van der Waals surface area (Å²) in [6, 6.07) is 0. The van der Waals surface area contributed by atoms with E-state index in [1.54, 1.807) is 0 Å². The first-order chi connectivity index (χ1) is 7.36. The number of carbonyl (C=O) groups excluding carboxylic acids is 1. The van der Waals surface area contributed by atoms with Crippen molar-refractivity contribution in [2.45, 2.75) is 51.6 Å². The van der Waals surface area contributed by atoms with Crippen molar-refractivity contribution in [3.8, 4) is 0 Å². The van der Waals surface area contributed by atoms with Gasteiger partial charge in [0.1, 0.15) is 6.10 Å². The molecule has 3 nitrogen and oxygen atoms in total. The zero-order valence-corrected chi connectivity index (χ0v) is 9.71. The topological polar surface area (TPSA) is 38.3 Å². The number of rotatable bonds is 7. The second-order valence-corrected chi connectivity index (χ2v) is 4.39. The Morgan fingerprint density at radius 1 is 1.47 bits per heavy atom. The quantitative estimate of drug-likeness (QED) is 0.658. The minimum Gasteiger partial charge on any atom is -0.465 e. The average Bonchev–Trinajstić information content (AvgIpc) is 2.29. The highest BCUT2D eigenvalue weighted by Gasteiger charge is 2.13. The second-order valence-electron chi connectivity index (χ2n) is 4.39. The van der Waals surface area contributed by atoms with Crippen molar-refractivity contribution in [2.24, 2.45) is 5.92 Å². The maximum absolute atomic E-state index is 10.2. The Hall–Kier alpha value is -0.570. The van der Waals surface area contributed by atoms with Gasteiger partial charge in [0, 0.05) is 0 Å². The summed E-state index contributed by atoms with van der Waals surface area (Å²) in [6.07, 6.45) is 7.21. The van der Waals surface area contributed by atoms with Crippen LogP contribution < -0.4 is 5.32 Å². The van der Waals surface area contributed by atoms with Crippen molar-refractivity contribution in [3.63, 3.8) is 0 Å². The van der Waals surface area contributed by atoms with E-state index in [0.717, 1.165) is 18.8 Å². The van der Waals surface area contributed by atoms with E-state index in [1.165, 1.54) is 38.8 Å². The van der Waals surface area contributed by atoms with Crippen molar-refractivity contribution in [1.82, 2.24) is 5.32 Å². The molecule has 0 aromatic rings. The first-order valence-corrected chi connectivity index (χ1v) is 6.16. The van der Waals surface area contributed by atoms with Crippen LogP contribution >= 0.6 is 0 Å². The van der Waals surface area contributed by atoms with E-state index in [9.17, 15) is 4.79 Å². The van der Waals surface area contributed by atoms with Crippen LogP contribution in [-0.2, 0) is 9.53 Å². The third-order valence-corrected chi connectivity index (χ3v) is 3.30. The standard InChI is InChI=1S/C12H23NO2/c1-2-12(15-10-14)5-3-4-11-6-8-13-9-7-11/h10-13H,2-9H2,1H3. The Morgan fingerprint density at radius 2 is 2.20 bits per heavy atom. The Kier molecular flexibility index (Phi) is 6.41. The molecule has 1 fully saturated rings. The molecule has 88 valence electrons. The van der Waals surface area contributed by atoms with Gasteiger partial charge < -0.3 is 10.1 Å². The number of nitrogens with one attached hydrogen (secondary N) is 1. The van der Waals surface area contributed by atoms with E-state index in [4.69, 9.17) is 4.74 Å². The lowest BCUT2D eigenvalue weighted by Gasteiger charge is -2.23.